The minimum absolute atomic E-state index is 0.215. The Morgan fingerprint density at radius 1 is 1.00 bits per heavy atom. The van der Waals surface area contributed by atoms with Crippen LogP contribution >= 0.6 is 0 Å². The number of nitrogens with one attached hydrogen (secondary N) is 2. The topological polar surface area (TPSA) is 87.7 Å². The van der Waals surface area contributed by atoms with E-state index in [9.17, 15) is 14.4 Å². The van der Waals surface area contributed by atoms with Crippen LogP contribution in [0.15, 0.2) is 39.7 Å². The molecule has 0 amide bonds. The number of aromatic nitrogens is 3. The average Bonchev–Trinajstić information content (AvgIpc) is 2.54. The molecule has 0 aliphatic carbocycles. The molecule has 0 saturated heterocycles. The number of rotatable bonds is 13. The van der Waals surface area contributed by atoms with Crippen LogP contribution in [-0.4, -0.2) is 14.5 Å². The number of unbranched alkanes of at least 4 members (excludes halogenated alkanes) is 3. The SMILES string of the molecule is C=CCCCC(CC=C)CC(CCCCC)n1c(=O)[nH]c(=O)[nH]c1=O. The lowest BCUT2D eigenvalue weighted by Gasteiger charge is -2.24. The molecule has 1 aromatic rings. The summed E-state index contributed by atoms with van der Waals surface area (Å²) in [4.78, 5) is 40.0. The number of aromatic amines is 2. The van der Waals surface area contributed by atoms with Crippen LogP contribution in [0.1, 0.15) is 70.8 Å². The molecule has 2 unspecified atom stereocenters. The first-order valence-corrected chi connectivity index (χ1v) is 9.20. The lowest BCUT2D eigenvalue weighted by molar-refractivity contribution is 0.306. The Morgan fingerprint density at radius 3 is 2.24 bits per heavy atom. The Hall–Kier alpha value is -2.11. The van der Waals surface area contributed by atoms with Gasteiger partial charge in [-0.25, -0.2) is 19.0 Å². The monoisotopic (exact) mass is 349 g/mol. The molecule has 0 aliphatic rings. The van der Waals surface area contributed by atoms with Gasteiger partial charge in [0.1, 0.15) is 0 Å². The molecule has 140 valence electrons. The minimum atomic E-state index is -0.757. The van der Waals surface area contributed by atoms with Crippen LogP contribution in [0.5, 0.6) is 0 Å². The first-order valence-electron chi connectivity index (χ1n) is 9.20. The van der Waals surface area contributed by atoms with Gasteiger partial charge in [-0.05, 0) is 44.4 Å². The van der Waals surface area contributed by atoms with E-state index in [0.717, 1.165) is 57.8 Å². The van der Waals surface area contributed by atoms with Gasteiger partial charge in [-0.2, -0.15) is 0 Å². The molecule has 0 fully saturated rings. The summed E-state index contributed by atoms with van der Waals surface area (Å²) in [7, 11) is 0. The quantitative estimate of drug-likeness (QED) is 0.423. The lowest BCUT2D eigenvalue weighted by Crippen LogP contribution is -2.45. The Morgan fingerprint density at radius 2 is 1.68 bits per heavy atom. The summed E-state index contributed by atoms with van der Waals surface area (Å²) >= 11 is 0. The highest BCUT2D eigenvalue weighted by Crippen LogP contribution is 2.27. The first kappa shape index (κ1) is 20.9. The van der Waals surface area contributed by atoms with Gasteiger partial charge in [0, 0.05) is 6.04 Å². The molecular weight excluding hydrogens is 318 g/mol. The molecule has 6 heteroatoms. The van der Waals surface area contributed by atoms with Crippen LogP contribution in [0.4, 0.5) is 0 Å². The van der Waals surface area contributed by atoms with Crippen molar-refractivity contribution in [2.24, 2.45) is 5.92 Å². The standard InChI is InChI=1S/C19H31N3O3/c1-4-7-9-12-15(11-6-3)14-16(13-10-8-5-2)22-18(24)20-17(23)21-19(22)25/h4,6,15-16H,1,3,5,7-14H2,2H3,(H2,20,21,23,24,25). The van der Waals surface area contributed by atoms with Crippen LogP contribution in [0, 0.1) is 5.92 Å². The number of hydrogen-bond donors (Lipinski definition) is 2. The van der Waals surface area contributed by atoms with E-state index >= 15 is 0 Å². The van der Waals surface area contributed by atoms with Crippen molar-refractivity contribution in [3.05, 3.63) is 56.8 Å². The Labute approximate surface area is 148 Å². The van der Waals surface area contributed by atoms with Gasteiger partial charge in [-0.15, -0.1) is 13.2 Å². The summed E-state index contributed by atoms with van der Waals surface area (Å²) in [6.07, 6.45) is 12.2. The highest BCUT2D eigenvalue weighted by Gasteiger charge is 2.20. The van der Waals surface area contributed by atoms with Crippen LogP contribution in [0.25, 0.3) is 0 Å². The van der Waals surface area contributed by atoms with Crippen LogP contribution in [0.3, 0.4) is 0 Å². The van der Waals surface area contributed by atoms with Crippen LogP contribution in [-0.2, 0) is 0 Å². The molecule has 2 N–H and O–H groups in total. The predicted octanol–water partition coefficient (Wildman–Crippen LogP) is 3.29. The van der Waals surface area contributed by atoms with E-state index in [2.05, 4.69) is 30.0 Å². The maximum absolute atomic E-state index is 12.2. The zero-order valence-corrected chi connectivity index (χ0v) is 15.3. The highest BCUT2D eigenvalue weighted by atomic mass is 16.2. The second kappa shape index (κ2) is 11.4. The summed E-state index contributed by atoms with van der Waals surface area (Å²) in [5.41, 5.74) is -2.01. The average molecular weight is 349 g/mol. The number of H-pyrrole nitrogens is 2. The van der Waals surface area contributed by atoms with E-state index in [1.807, 2.05) is 12.2 Å². The molecule has 0 spiro atoms. The molecule has 0 saturated carbocycles. The Balaban J connectivity index is 3.04. The van der Waals surface area contributed by atoms with E-state index in [4.69, 9.17) is 0 Å². The molecule has 0 radical (unpaired) electrons. The predicted molar refractivity (Wildman–Crippen MR) is 102 cm³/mol. The molecule has 6 nitrogen and oxygen atoms in total. The second-order valence-corrected chi connectivity index (χ2v) is 6.55. The Bertz CT molecular complexity index is 665. The second-order valence-electron chi connectivity index (χ2n) is 6.55. The molecule has 25 heavy (non-hydrogen) atoms. The molecule has 1 rings (SSSR count). The normalized spacial score (nSPS) is 13.3. The van der Waals surface area contributed by atoms with Crippen molar-refractivity contribution < 1.29 is 0 Å². The number of nitrogens with zero attached hydrogens (tertiary/aromatic N) is 1. The van der Waals surface area contributed by atoms with Gasteiger partial charge in [0.2, 0.25) is 0 Å². The van der Waals surface area contributed by atoms with Crippen molar-refractivity contribution in [1.29, 1.82) is 0 Å². The van der Waals surface area contributed by atoms with Gasteiger partial charge in [0.15, 0.2) is 0 Å². The maximum atomic E-state index is 12.2. The van der Waals surface area contributed by atoms with Crippen molar-refractivity contribution >= 4 is 0 Å². The maximum Gasteiger partial charge on any atom is 0.333 e. The first-order chi connectivity index (χ1) is 12.0. The van der Waals surface area contributed by atoms with Crippen LogP contribution < -0.4 is 17.1 Å². The van der Waals surface area contributed by atoms with E-state index in [1.54, 1.807) is 0 Å². The fraction of sp³-hybridized carbons (Fsp3) is 0.632. The third-order valence-electron chi connectivity index (χ3n) is 4.51. The summed E-state index contributed by atoms with van der Waals surface area (Å²) in [6, 6.07) is -0.215. The van der Waals surface area contributed by atoms with Crippen molar-refractivity contribution in [3.8, 4) is 0 Å². The lowest BCUT2D eigenvalue weighted by atomic mass is 9.89. The van der Waals surface area contributed by atoms with E-state index in [-0.39, 0.29) is 6.04 Å². The summed E-state index contributed by atoms with van der Waals surface area (Å²) < 4.78 is 1.18. The van der Waals surface area contributed by atoms with Gasteiger partial charge >= 0.3 is 17.1 Å². The van der Waals surface area contributed by atoms with Crippen molar-refractivity contribution in [1.82, 2.24) is 14.5 Å². The third-order valence-corrected chi connectivity index (χ3v) is 4.51. The molecule has 1 aromatic heterocycles. The van der Waals surface area contributed by atoms with Gasteiger partial charge in [0.25, 0.3) is 0 Å². The zero-order valence-electron chi connectivity index (χ0n) is 15.3. The molecule has 1 heterocycles. The molecular formula is C19H31N3O3. The van der Waals surface area contributed by atoms with E-state index in [1.165, 1.54) is 4.57 Å². The van der Waals surface area contributed by atoms with Crippen LogP contribution in [0.2, 0.25) is 0 Å². The molecule has 0 aromatic carbocycles. The highest BCUT2D eigenvalue weighted by molar-refractivity contribution is 4.82. The van der Waals surface area contributed by atoms with E-state index in [0.29, 0.717) is 5.92 Å². The fourth-order valence-corrected chi connectivity index (χ4v) is 3.26. The summed E-state index contributed by atoms with van der Waals surface area (Å²) in [6.45, 7) is 9.69. The fourth-order valence-electron chi connectivity index (χ4n) is 3.26. The molecule has 2 atom stereocenters. The van der Waals surface area contributed by atoms with Crippen molar-refractivity contribution in [2.75, 3.05) is 0 Å². The van der Waals surface area contributed by atoms with Gasteiger partial charge in [-0.3, -0.25) is 9.97 Å². The summed E-state index contributed by atoms with van der Waals surface area (Å²) in [5, 5.41) is 0. The van der Waals surface area contributed by atoms with Gasteiger partial charge in [-0.1, -0.05) is 38.3 Å². The smallest absolute Gasteiger partial charge is 0.259 e. The van der Waals surface area contributed by atoms with Crippen molar-refractivity contribution in [3.63, 3.8) is 0 Å². The third kappa shape index (κ3) is 7.11. The number of hydrogen-bond acceptors (Lipinski definition) is 3. The largest absolute Gasteiger partial charge is 0.333 e. The van der Waals surface area contributed by atoms with E-state index < -0.39 is 17.1 Å². The molecule has 0 bridgehead atoms. The van der Waals surface area contributed by atoms with Gasteiger partial charge < -0.3 is 0 Å². The summed E-state index contributed by atoms with van der Waals surface area (Å²) in [5.74, 6) is 0.349. The number of allylic oxidation sites excluding steroid dienone is 2. The van der Waals surface area contributed by atoms with Crippen molar-refractivity contribution in [2.45, 2.75) is 70.8 Å². The zero-order chi connectivity index (χ0) is 18.7. The Kier molecular flexibility index (Phi) is 9.58. The minimum Gasteiger partial charge on any atom is -0.259 e. The van der Waals surface area contributed by atoms with Gasteiger partial charge in [0.05, 0.1) is 0 Å². The molecule has 0 aliphatic heterocycles.